The van der Waals surface area contributed by atoms with Crippen molar-refractivity contribution in [3.05, 3.63) is 48.0 Å². The fraction of sp³-hybridized carbons (Fsp3) is 0.381. The van der Waals surface area contributed by atoms with Gasteiger partial charge in [-0.2, -0.15) is 0 Å². The Balaban J connectivity index is 1.67. The van der Waals surface area contributed by atoms with E-state index in [4.69, 9.17) is 18.9 Å². The number of nitrogens with zero attached hydrogens (tertiary/aromatic N) is 1. The topological polar surface area (TPSA) is 57.2 Å². The summed E-state index contributed by atoms with van der Waals surface area (Å²) in [7, 11) is 4.84. The quantitative estimate of drug-likeness (QED) is 0.746. The normalized spacial score (nSPS) is 16.1. The summed E-state index contributed by atoms with van der Waals surface area (Å²) in [6, 6.07) is 13.0. The zero-order valence-corrected chi connectivity index (χ0v) is 15.9. The van der Waals surface area contributed by atoms with Gasteiger partial charge in [-0.15, -0.1) is 0 Å². The van der Waals surface area contributed by atoms with Crippen LogP contribution in [0.15, 0.2) is 42.5 Å². The molecule has 1 saturated heterocycles. The van der Waals surface area contributed by atoms with Gasteiger partial charge >= 0.3 is 0 Å². The molecule has 0 spiro atoms. The average molecular weight is 371 g/mol. The second-order valence-corrected chi connectivity index (χ2v) is 6.32. The van der Waals surface area contributed by atoms with Crippen molar-refractivity contribution in [2.24, 2.45) is 0 Å². The van der Waals surface area contributed by atoms with Crippen LogP contribution in [0.1, 0.15) is 24.4 Å². The third-order valence-electron chi connectivity index (χ3n) is 4.79. The maximum atomic E-state index is 12.7. The lowest BCUT2D eigenvalue weighted by Crippen LogP contribution is -2.34. The fourth-order valence-electron chi connectivity index (χ4n) is 3.37. The minimum atomic E-state index is -0.0249. The molecular formula is C21H25NO5. The molecule has 2 aromatic rings. The van der Waals surface area contributed by atoms with E-state index in [1.807, 2.05) is 35.2 Å². The summed E-state index contributed by atoms with van der Waals surface area (Å²) in [6.45, 7) is 0.736. The van der Waals surface area contributed by atoms with Crippen LogP contribution < -0.4 is 18.9 Å². The monoisotopic (exact) mass is 371 g/mol. The molecule has 0 N–H and O–H groups in total. The standard InChI is InChI=1S/C21H25NO5/c1-24-16-7-9-17(10-8-16)27-14-21(23)22-12-4-5-18(22)15-6-11-19(25-2)20(13-15)26-3/h6-11,13,18H,4-5,12,14H2,1-3H3. The van der Waals surface area contributed by atoms with Crippen LogP contribution in [-0.4, -0.2) is 45.3 Å². The summed E-state index contributed by atoms with van der Waals surface area (Å²) < 4.78 is 21.5. The Hall–Kier alpha value is -2.89. The first-order valence-corrected chi connectivity index (χ1v) is 8.94. The highest BCUT2D eigenvalue weighted by molar-refractivity contribution is 5.78. The van der Waals surface area contributed by atoms with E-state index in [1.54, 1.807) is 33.5 Å². The van der Waals surface area contributed by atoms with Crippen LogP contribution in [0.5, 0.6) is 23.0 Å². The van der Waals surface area contributed by atoms with Crippen molar-refractivity contribution in [1.82, 2.24) is 4.90 Å². The largest absolute Gasteiger partial charge is 0.497 e. The molecule has 1 unspecified atom stereocenters. The van der Waals surface area contributed by atoms with E-state index in [9.17, 15) is 4.79 Å². The number of hydrogen-bond donors (Lipinski definition) is 0. The molecule has 1 aliphatic rings. The van der Waals surface area contributed by atoms with Gasteiger partial charge in [0.1, 0.15) is 11.5 Å². The molecule has 1 aliphatic heterocycles. The van der Waals surface area contributed by atoms with Crippen molar-refractivity contribution in [3.63, 3.8) is 0 Å². The molecule has 3 rings (SSSR count). The van der Waals surface area contributed by atoms with Crippen LogP contribution in [0.3, 0.4) is 0 Å². The lowest BCUT2D eigenvalue weighted by atomic mass is 10.0. The van der Waals surface area contributed by atoms with Crippen molar-refractivity contribution in [3.8, 4) is 23.0 Å². The van der Waals surface area contributed by atoms with Gasteiger partial charge in [0.2, 0.25) is 0 Å². The first-order chi connectivity index (χ1) is 13.2. The number of methoxy groups -OCH3 is 3. The summed E-state index contributed by atoms with van der Waals surface area (Å²) in [5.74, 6) is 2.72. The second kappa shape index (κ2) is 8.66. The van der Waals surface area contributed by atoms with Crippen LogP contribution in [0.25, 0.3) is 0 Å². The molecule has 0 radical (unpaired) electrons. The number of ether oxygens (including phenoxy) is 4. The summed E-state index contributed by atoms with van der Waals surface area (Å²) in [4.78, 5) is 14.6. The Morgan fingerprint density at radius 2 is 1.67 bits per heavy atom. The highest BCUT2D eigenvalue weighted by Crippen LogP contribution is 2.37. The van der Waals surface area contributed by atoms with E-state index < -0.39 is 0 Å². The Kier molecular flexibility index (Phi) is 6.06. The van der Waals surface area contributed by atoms with Gasteiger partial charge in [0.25, 0.3) is 5.91 Å². The maximum Gasteiger partial charge on any atom is 0.261 e. The fourth-order valence-corrected chi connectivity index (χ4v) is 3.37. The number of benzene rings is 2. The lowest BCUT2D eigenvalue weighted by Gasteiger charge is -2.25. The maximum absolute atomic E-state index is 12.7. The van der Waals surface area contributed by atoms with Crippen LogP contribution in [0.4, 0.5) is 0 Å². The zero-order valence-electron chi connectivity index (χ0n) is 15.9. The molecule has 0 saturated carbocycles. The number of likely N-dealkylation sites (tertiary alicyclic amines) is 1. The van der Waals surface area contributed by atoms with Gasteiger partial charge in [0.05, 0.1) is 27.4 Å². The summed E-state index contributed by atoms with van der Waals surface area (Å²) in [6.07, 6.45) is 1.89. The Morgan fingerprint density at radius 3 is 2.33 bits per heavy atom. The van der Waals surface area contributed by atoms with E-state index in [0.29, 0.717) is 17.2 Å². The number of carbonyl (C=O) groups excluding carboxylic acids is 1. The Labute approximate surface area is 159 Å². The molecule has 1 atom stereocenters. The molecule has 2 aromatic carbocycles. The van der Waals surface area contributed by atoms with Gasteiger partial charge in [-0.05, 0) is 54.8 Å². The van der Waals surface area contributed by atoms with E-state index >= 15 is 0 Å². The Bertz CT molecular complexity index is 775. The second-order valence-electron chi connectivity index (χ2n) is 6.32. The van der Waals surface area contributed by atoms with Crippen molar-refractivity contribution >= 4 is 5.91 Å². The van der Waals surface area contributed by atoms with Gasteiger partial charge in [-0.3, -0.25) is 4.79 Å². The average Bonchev–Trinajstić information content (AvgIpc) is 3.21. The predicted molar refractivity (Wildman–Crippen MR) is 102 cm³/mol. The van der Waals surface area contributed by atoms with Gasteiger partial charge in [0, 0.05) is 6.54 Å². The first-order valence-electron chi connectivity index (χ1n) is 8.94. The summed E-state index contributed by atoms with van der Waals surface area (Å²) in [5, 5.41) is 0. The minimum Gasteiger partial charge on any atom is -0.497 e. The minimum absolute atomic E-state index is 0.0100. The SMILES string of the molecule is COc1ccc(OCC(=O)N2CCCC2c2ccc(OC)c(OC)c2)cc1. The Morgan fingerprint density at radius 1 is 0.963 bits per heavy atom. The van der Waals surface area contributed by atoms with Crippen LogP contribution in [-0.2, 0) is 4.79 Å². The molecule has 0 bridgehead atoms. The van der Waals surface area contributed by atoms with E-state index in [-0.39, 0.29) is 18.6 Å². The van der Waals surface area contributed by atoms with E-state index in [0.717, 1.165) is 30.7 Å². The molecule has 6 nitrogen and oxygen atoms in total. The third kappa shape index (κ3) is 4.27. The molecule has 0 aromatic heterocycles. The van der Waals surface area contributed by atoms with Crippen LogP contribution in [0, 0.1) is 0 Å². The van der Waals surface area contributed by atoms with Gasteiger partial charge in [-0.1, -0.05) is 6.07 Å². The zero-order chi connectivity index (χ0) is 19.2. The molecule has 1 heterocycles. The van der Waals surface area contributed by atoms with Gasteiger partial charge in [0.15, 0.2) is 18.1 Å². The molecule has 6 heteroatoms. The molecule has 1 fully saturated rings. The predicted octanol–water partition coefficient (Wildman–Crippen LogP) is 3.45. The lowest BCUT2D eigenvalue weighted by molar-refractivity contribution is -0.134. The third-order valence-corrected chi connectivity index (χ3v) is 4.79. The molecule has 1 amide bonds. The van der Waals surface area contributed by atoms with E-state index in [2.05, 4.69) is 0 Å². The van der Waals surface area contributed by atoms with Gasteiger partial charge in [-0.25, -0.2) is 0 Å². The van der Waals surface area contributed by atoms with Crippen LogP contribution in [0.2, 0.25) is 0 Å². The molecule has 27 heavy (non-hydrogen) atoms. The highest BCUT2D eigenvalue weighted by Gasteiger charge is 2.30. The molecule has 144 valence electrons. The number of carbonyl (C=O) groups is 1. The van der Waals surface area contributed by atoms with Crippen molar-refractivity contribution < 1.29 is 23.7 Å². The van der Waals surface area contributed by atoms with Crippen molar-refractivity contribution in [2.45, 2.75) is 18.9 Å². The first kappa shape index (κ1) is 18.9. The smallest absolute Gasteiger partial charge is 0.261 e. The van der Waals surface area contributed by atoms with E-state index in [1.165, 1.54) is 0 Å². The van der Waals surface area contributed by atoms with Crippen LogP contribution >= 0.6 is 0 Å². The summed E-state index contributed by atoms with van der Waals surface area (Å²) >= 11 is 0. The van der Waals surface area contributed by atoms with Crippen molar-refractivity contribution in [2.75, 3.05) is 34.5 Å². The summed E-state index contributed by atoms with van der Waals surface area (Å²) in [5.41, 5.74) is 1.04. The highest BCUT2D eigenvalue weighted by atomic mass is 16.5. The molecule has 0 aliphatic carbocycles. The number of rotatable bonds is 7. The number of amides is 1. The van der Waals surface area contributed by atoms with Crippen molar-refractivity contribution in [1.29, 1.82) is 0 Å². The van der Waals surface area contributed by atoms with Gasteiger partial charge < -0.3 is 23.8 Å². The molecular weight excluding hydrogens is 346 g/mol. The number of hydrogen-bond acceptors (Lipinski definition) is 5.